The number of hydrogen-bond donors (Lipinski definition) is 2. The molecule has 34 heavy (non-hydrogen) atoms. The highest BCUT2D eigenvalue weighted by Crippen LogP contribution is 2.36. The van der Waals surface area contributed by atoms with E-state index in [0.717, 1.165) is 11.1 Å². The number of nitrogens with zero attached hydrogens (tertiary/aromatic N) is 1. The van der Waals surface area contributed by atoms with Crippen molar-refractivity contribution in [2.24, 2.45) is 5.10 Å². The lowest BCUT2D eigenvalue weighted by Crippen LogP contribution is -2.24. The summed E-state index contributed by atoms with van der Waals surface area (Å²) < 4.78 is 12.0. The van der Waals surface area contributed by atoms with E-state index in [2.05, 4.69) is 31.8 Å². The summed E-state index contributed by atoms with van der Waals surface area (Å²) in [5.41, 5.74) is 5.67. The molecule has 3 rings (SSSR count). The molecule has 2 amide bonds. The van der Waals surface area contributed by atoms with Gasteiger partial charge in [-0.25, -0.2) is 5.43 Å². The normalized spacial score (nSPS) is 10.7. The second-order valence-electron chi connectivity index (χ2n) is 7.33. The summed E-state index contributed by atoms with van der Waals surface area (Å²) in [5, 5.41) is 7.25. The van der Waals surface area contributed by atoms with Gasteiger partial charge in [-0.2, -0.15) is 5.10 Å². The molecule has 0 saturated heterocycles. The lowest BCUT2D eigenvalue weighted by atomic mass is 10.2. The van der Waals surface area contributed by atoms with E-state index in [1.807, 2.05) is 31.2 Å². The Hall–Kier alpha value is -3.36. The zero-order valence-electron chi connectivity index (χ0n) is 18.6. The molecule has 0 aliphatic heterocycles. The van der Waals surface area contributed by atoms with Crippen molar-refractivity contribution in [2.75, 3.05) is 12.4 Å². The molecule has 0 saturated carbocycles. The van der Waals surface area contributed by atoms with Crippen LogP contribution in [0.2, 0.25) is 5.02 Å². The summed E-state index contributed by atoms with van der Waals surface area (Å²) in [4.78, 5) is 24.0. The predicted octanol–water partition coefficient (Wildman–Crippen LogP) is 5.48. The van der Waals surface area contributed by atoms with Gasteiger partial charge in [-0.05, 0) is 70.4 Å². The number of anilines is 1. The van der Waals surface area contributed by atoms with Gasteiger partial charge in [-0.15, -0.1) is 0 Å². The Morgan fingerprint density at radius 3 is 2.44 bits per heavy atom. The first kappa shape index (κ1) is 25.3. The van der Waals surface area contributed by atoms with Crippen LogP contribution in [0.1, 0.15) is 23.1 Å². The van der Waals surface area contributed by atoms with Gasteiger partial charge in [0.1, 0.15) is 13.0 Å². The fourth-order valence-electron chi connectivity index (χ4n) is 2.90. The monoisotopic (exact) mass is 543 g/mol. The lowest BCUT2D eigenvalue weighted by Gasteiger charge is -2.13. The molecule has 0 aliphatic rings. The van der Waals surface area contributed by atoms with E-state index >= 15 is 0 Å². The number of benzene rings is 3. The van der Waals surface area contributed by atoms with Gasteiger partial charge in [-0.1, -0.05) is 41.4 Å². The lowest BCUT2D eigenvalue weighted by molar-refractivity contribution is -0.126. The van der Waals surface area contributed by atoms with E-state index in [1.54, 1.807) is 36.4 Å². The maximum absolute atomic E-state index is 12.0. The van der Waals surface area contributed by atoms with Crippen molar-refractivity contribution in [1.82, 2.24) is 5.43 Å². The summed E-state index contributed by atoms with van der Waals surface area (Å²) >= 11 is 9.40. The van der Waals surface area contributed by atoms with Gasteiger partial charge in [0.2, 0.25) is 11.8 Å². The van der Waals surface area contributed by atoms with Crippen LogP contribution < -0.4 is 20.2 Å². The van der Waals surface area contributed by atoms with Crippen molar-refractivity contribution in [3.63, 3.8) is 0 Å². The third-order valence-electron chi connectivity index (χ3n) is 4.61. The highest BCUT2D eigenvalue weighted by molar-refractivity contribution is 9.10. The number of aryl methyl sites for hydroxylation is 1. The van der Waals surface area contributed by atoms with E-state index in [0.29, 0.717) is 38.9 Å². The van der Waals surface area contributed by atoms with E-state index in [-0.39, 0.29) is 6.42 Å². The van der Waals surface area contributed by atoms with Gasteiger partial charge < -0.3 is 14.8 Å². The Morgan fingerprint density at radius 1 is 1.06 bits per heavy atom. The van der Waals surface area contributed by atoms with E-state index in [1.165, 1.54) is 13.3 Å². The largest absolute Gasteiger partial charge is 0.493 e. The van der Waals surface area contributed by atoms with Crippen LogP contribution >= 0.6 is 27.5 Å². The second-order valence-corrected chi connectivity index (χ2v) is 8.62. The molecular formula is C25H23BrClN3O4. The number of methoxy groups -OCH3 is 1. The molecule has 2 N–H and O–H groups in total. The number of ether oxygens (including phenoxy) is 2. The highest BCUT2D eigenvalue weighted by Gasteiger charge is 2.12. The Kier molecular flexibility index (Phi) is 9.07. The number of hydrazone groups is 1. The molecule has 0 fully saturated rings. The smallest absolute Gasteiger partial charge is 0.249 e. The first-order valence-electron chi connectivity index (χ1n) is 10.3. The first-order valence-corrected chi connectivity index (χ1v) is 11.4. The van der Waals surface area contributed by atoms with E-state index < -0.39 is 11.8 Å². The molecule has 0 aliphatic carbocycles. The number of amides is 2. The van der Waals surface area contributed by atoms with Gasteiger partial charge in [0.25, 0.3) is 0 Å². The van der Waals surface area contributed by atoms with Crippen LogP contribution in [0.4, 0.5) is 5.69 Å². The van der Waals surface area contributed by atoms with Crippen LogP contribution in [0.5, 0.6) is 11.5 Å². The molecule has 0 aromatic heterocycles. The fourth-order valence-corrected chi connectivity index (χ4v) is 3.60. The summed E-state index contributed by atoms with van der Waals surface area (Å²) in [7, 11) is 1.53. The summed E-state index contributed by atoms with van der Waals surface area (Å²) in [5.74, 6) is 0.0676. The Bertz CT molecular complexity index is 1180. The zero-order valence-corrected chi connectivity index (χ0v) is 20.9. The summed E-state index contributed by atoms with van der Waals surface area (Å²) in [6.45, 7) is 2.29. The zero-order chi connectivity index (χ0) is 24.5. The van der Waals surface area contributed by atoms with Crippen molar-refractivity contribution in [1.29, 1.82) is 0 Å². The molecule has 0 spiro atoms. The van der Waals surface area contributed by atoms with E-state index in [4.69, 9.17) is 21.1 Å². The Labute approximate surface area is 211 Å². The minimum atomic E-state index is -0.533. The van der Waals surface area contributed by atoms with Gasteiger partial charge in [0.15, 0.2) is 11.5 Å². The third kappa shape index (κ3) is 7.60. The van der Waals surface area contributed by atoms with Gasteiger partial charge in [0, 0.05) is 10.7 Å². The van der Waals surface area contributed by atoms with Crippen LogP contribution in [-0.4, -0.2) is 25.1 Å². The van der Waals surface area contributed by atoms with Gasteiger partial charge in [-0.3, -0.25) is 9.59 Å². The van der Waals surface area contributed by atoms with Gasteiger partial charge >= 0.3 is 0 Å². The van der Waals surface area contributed by atoms with Crippen molar-refractivity contribution >= 4 is 51.2 Å². The molecule has 0 radical (unpaired) electrons. The molecule has 7 nitrogen and oxygen atoms in total. The van der Waals surface area contributed by atoms with Crippen LogP contribution in [0.25, 0.3) is 0 Å². The molecule has 176 valence electrons. The van der Waals surface area contributed by atoms with Gasteiger partial charge in [0.05, 0.1) is 17.8 Å². The average Bonchev–Trinajstić information content (AvgIpc) is 2.80. The SMILES string of the molecule is COc1cc(C=NNC(=O)CC(=O)Nc2ccc(C)cc2)cc(Br)c1OCc1ccc(Cl)cc1. The molecular weight excluding hydrogens is 522 g/mol. The van der Waals surface area contributed by atoms with Crippen LogP contribution in [0.3, 0.4) is 0 Å². The standard InChI is InChI=1S/C25H23BrClN3O4/c1-16-3-9-20(10-4-16)29-23(31)13-24(32)30-28-14-18-11-21(26)25(22(12-18)33-2)34-15-17-5-7-19(27)8-6-17/h3-12,14H,13,15H2,1-2H3,(H,29,31)(H,30,32). The topological polar surface area (TPSA) is 89.0 Å². The van der Waals surface area contributed by atoms with Crippen LogP contribution in [0.15, 0.2) is 70.2 Å². The van der Waals surface area contributed by atoms with Crippen molar-refractivity contribution in [3.8, 4) is 11.5 Å². The third-order valence-corrected chi connectivity index (χ3v) is 5.45. The number of halogens is 2. The summed E-state index contributed by atoms with van der Waals surface area (Å²) in [6, 6.07) is 18.2. The van der Waals surface area contributed by atoms with Crippen LogP contribution in [-0.2, 0) is 16.2 Å². The number of nitrogens with one attached hydrogen (secondary N) is 2. The van der Waals surface area contributed by atoms with Crippen molar-refractivity contribution < 1.29 is 19.1 Å². The maximum Gasteiger partial charge on any atom is 0.249 e. The maximum atomic E-state index is 12.0. The average molecular weight is 545 g/mol. The summed E-state index contributed by atoms with van der Waals surface area (Å²) in [6.07, 6.45) is 1.10. The minimum absolute atomic E-state index is 0.334. The number of rotatable bonds is 9. The van der Waals surface area contributed by atoms with Crippen molar-refractivity contribution in [2.45, 2.75) is 20.0 Å². The number of carbonyl (C=O) groups is 2. The molecule has 3 aromatic carbocycles. The quantitative estimate of drug-likeness (QED) is 0.212. The first-order chi connectivity index (χ1) is 16.3. The second kappa shape index (κ2) is 12.2. The highest BCUT2D eigenvalue weighted by atomic mass is 79.9. The number of hydrogen-bond acceptors (Lipinski definition) is 5. The fraction of sp³-hybridized carbons (Fsp3) is 0.160. The Morgan fingerprint density at radius 2 is 1.76 bits per heavy atom. The molecule has 0 unspecified atom stereocenters. The van der Waals surface area contributed by atoms with Crippen LogP contribution in [0, 0.1) is 6.92 Å². The van der Waals surface area contributed by atoms with E-state index in [9.17, 15) is 9.59 Å². The Balaban J connectivity index is 1.55. The predicted molar refractivity (Wildman–Crippen MR) is 137 cm³/mol. The molecule has 0 atom stereocenters. The molecule has 9 heteroatoms. The molecule has 0 heterocycles. The molecule has 3 aromatic rings. The number of carbonyl (C=O) groups excluding carboxylic acids is 2. The minimum Gasteiger partial charge on any atom is -0.493 e. The van der Waals surface area contributed by atoms with Crippen molar-refractivity contribution in [3.05, 3.63) is 86.8 Å². The molecule has 0 bridgehead atoms.